The van der Waals surface area contributed by atoms with E-state index in [1.807, 2.05) is 23.5 Å². The summed E-state index contributed by atoms with van der Waals surface area (Å²) in [5, 5.41) is 7.17. The third-order valence-corrected chi connectivity index (χ3v) is 6.69. The molecule has 1 aliphatic heterocycles. The number of thioether (sulfide) groups is 2. The Hall–Kier alpha value is -0.640. The molecular weight excluding hydrogens is 328 g/mol. The van der Waals surface area contributed by atoms with E-state index in [0.29, 0.717) is 35.0 Å². The van der Waals surface area contributed by atoms with Gasteiger partial charge in [-0.05, 0) is 0 Å². The standard InChI is InChI=1S/C12H20N4O2S3/c1-18-3-2-14-12-16-10(13)9(21-12)11(17)15-6-8-7-19-4-5-20-8/h8H,2-7,13H2,1H3,(H,14,16)(H,15,17). The topological polar surface area (TPSA) is 89.3 Å². The first kappa shape index (κ1) is 16.7. The van der Waals surface area contributed by atoms with Gasteiger partial charge in [0.05, 0.1) is 6.61 Å². The highest BCUT2D eigenvalue weighted by Gasteiger charge is 2.19. The van der Waals surface area contributed by atoms with Crippen molar-refractivity contribution in [2.45, 2.75) is 5.25 Å². The molecule has 21 heavy (non-hydrogen) atoms. The van der Waals surface area contributed by atoms with Gasteiger partial charge in [0.2, 0.25) is 0 Å². The number of methoxy groups -OCH3 is 1. The van der Waals surface area contributed by atoms with Crippen molar-refractivity contribution in [1.82, 2.24) is 10.3 Å². The number of amides is 1. The first-order valence-corrected chi connectivity index (χ1v) is 9.69. The van der Waals surface area contributed by atoms with Crippen LogP contribution >= 0.6 is 34.9 Å². The van der Waals surface area contributed by atoms with Crippen LogP contribution in [0.4, 0.5) is 10.9 Å². The predicted molar refractivity (Wildman–Crippen MR) is 92.8 cm³/mol. The molecule has 0 radical (unpaired) electrons. The molecule has 6 nitrogen and oxygen atoms in total. The van der Waals surface area contributed by atoms with E-state index < -0.39 is 0 Å². The van der Waals surface area contributed by atoms with Crippen LogP contribution in [-0.2, 0) is 4.74 Å². The van der Waals surface area contributed by atoms with Gasteiger partial charge in [-0.3, -0.25) is 4.79 Å². The number of carbonyl (C=O) groups is 1. The monoisotopic (exact) mass is 348 g/mol. The zero-order chi connectivity index (χ0) is 15.1. The highest BCUT2D eigenvalue weighted by molar-refractivity contribution is 8.06. The van der Waals surface area contributed by atoms with Crippen molar-refractivity contribution in [2.24, 2.45) is 0 Å². The van der Waals surface area contributed by atoms with Gasteiger partial charge in [0.25, 0.3) is 5.91 Å². The van der Waals surface area contributed by atoms with E-state index >= 15 is 0 Å². The lowest BCUT2D eigenvalue weighted by molar-refractivity contribution is 0.0959. The molecule has 0 saturated carbocycles. The fourth-order valence-electron chi connectivity index (χ4n) is 1.77. The summed E-state index contributed by atoms with van der Waals surface area (Å²) in [5.41, 5.74) is 5.81. The molecule has 9 heteroatoms. The second-order valence-electron chi connectivity index (χ2n) is 4.43. The van der Waals surface area contributed by atoms with Crippen LogP contribution < -0.4 is 16.4 Å². The van der Waals surface area contributed by atoms with E-state index in [9.17, 15) is 4.79 Å². The maximum absolute atomic E-state index is 12.2. The number of aromatic nitrogens is 1. The van der Waals surface area contributed by atoms with Gasteiger partial charge in [-0.15, -0.1) is 0 Å². The number of rotatable bonds is 7. The summed E-state index contributed by atoms with van der Waals surface area (Å²) in [7, 11) is 1.64. The summed E-state index contributed by atoms with van der Waals surface area (Å²) in [4.78, 5) is 16.8. The third kappa shape index (κ3) is 5.24. The molecule has 1 aliphatic rings. The van der Waals surface area contributed by atoms with Gasteiger partial charge < -0.3 is 21.1 Å². The van der Waals surface area contributed by atoms with E-state index in [4.69, 9.17) is 10.5 Å². The van der Waals surface area contributed by atoms with Crippen LogP contribution in [-0.4, -0.2) is 60.2 Å². The number of nitrogens with zero attached hydrogens (tertiary/aromatic N) is 1. The van der Waals surface area contributed by atoms with Gasteiger partial charge in [0.15, 0.2) is 5.13 Å². The summed E-state index contributed by atoms with van der Waals surface area (Å²) < 4.78 is 4.95. The minimum atomic E-state index is -0.138. The van der Waals surface area contributed by atoms with E-state index in [1.165, 1.54) is 17.1 Å². The Balaban J connectivity index is 1.83. The Morgan fingerprint density at radius 3 is 3.10 bits per heavy atom. The van der Waals surface area contributed by atoms with Crippen LogP contribution in [0.5, 0.6) is 0 Å². The molecule has 1 unspecified atom stereocenters. The fraction of sp³-hybridized carbons (Fsp3) is 0.667. The number of ether oxygens (including phenoxy) is 1. The highest BCUT2D eigenvalue weighted by atomic mass is 32.2. The Morgan fingerprint density at radius 2 is 2.38 bits per heavy atom. The SMILES string of the molecule is COCCNc1nc(N)c(C(=O)NCC2CSCCS2)s1. The van der Waals surface area contributed by atoms with Crippen molar-refractivity contribution in [3.8, 4) is 0 Å². The van der Waals surface area contributed by atoms with E-state index in [1.54, 1.807) is 7.11 Å². The number of nitrogen functional groups attached to an aromatic ring is 1. The predicted octanol–water partition coefficient (Wildman–Crippen LogP) is 1.36. The average molecular weight is 349 g/mol. The summed E-state index contributed by atoms with van der Waals surface area (Å²) in [6.45, 7) is 1.90. The lowest BCUT2D eigenvalue weighted by Gasteiger charge is -2.20. The molecule has 1 saturated heterocycles. The smallest absolute Gasteiger partial charge is 0.265 e. The van der Waals surface area contributed by atoms with Crippen molar-refractivity contribution in [2.75, 3.05) is 55.1 Å². The lowest BCUT2D eigenvalue weighted by Crippen LogP contribution is -2.33. The number of anilines is 2. The quantitative estimate of drug-likeness (QED) is 0.641. The molecule has 118 valence electrons. The van der Waals surface area contributed by atoms with Crippen LogP contribution in [0.2, 0.25) is 0 Å². The minimum absolute atomic E-state index is 0.138. The minimum Gasteiger partial charge on any atom is -0.383 e. The van der Waals surface area contributed by atoms with Crippen molar-refractivity contribution in [3.05, 3.63) is 4.88 Å². The molecule has 0 bridgehead atoms. The molecule has 0 spiro atoms. The number of nitrogens with two attached hydrogens (primary N) is 1. The number of carbonyl (C=O) groups excluding carboxylic acids is 1. The van der Waals surface area contributed by atoms with E-state index in [0.717, 1.165) is 11.5 Å². The second kappa shape index (κ2) is 8.72. The number of hydrogen-bond donors (Lipinski definition) is 3. The average Bonchev–Trinajstić information content (AvgIpc) is 2.87. The first-order chi connectivity index (χ1) is 10.2. The van der Waals surface area contributed by atoms with Crippen molar-refractivity contribution in [3.63, 3.8) is 0 Å². The van der Waals surface area contributed by atoms with Crippen LogP contribution in [0.25, 0.3) is 0 Å². The Kier molecular flexibility index (Phi) is 6.94. The van der Waals surface area contributed by atoms with Gasteiger partial charge in [0.1, 0.15) is 10.7 Å². The second-order valence-corrected chi connectivity index (χ2v) is 7.99. The lowest BCUT2D eigenvalue weighted by atomic mass is 10.4. The van der Waals surface area contributed by atoms with Crippen LogP contribution in [0.3, 0.4) is 0 Å². The van der Waals surface area contributed by atoms with Gasteiger partial charge >= 0.3 is 0 Å². The molecule has 2 rings (SSSR count). The molecule has 0 aromatic carbocycles. The van der Waals surface area contributed by atoms with Crippen molar-refractivity contribution in [1.29, 1.82) is 0 Å². The van der Waals surface area contributed by atoms with Gasteiger partial charge in [-0.2, -0.15) is 23.5 Å². The molecule has 1 amide bonds. The molecule has 1 aromatic rings. The number of nitrogens with one attached hydrogen (secondary N) is 2. The zero-order valence-corrected chi connectivity index (χ0v) is 14.3. The van der Waals surface area contributed by atoms with E-state index in [2.05, 4.69) is 15.6 Å². The summed E-state index contributed by atoms with van der Waals surface area (Å²) >= 11 is 5.14. The molecule has 2 heterocycles. The van der Waals surface area contributed by atoms with Gasteiger partial charge in [0, 0.05) is 42.7 Å². The Morgan fingerprint density at radius 1 is 1.52 bits per heavy atom. The Labute approximate surface area is 137 Å². The summed E-state index contributed by atoms with van der Waals surface area (Å²) in [6.07, 6.45) is 0. The fourth-order valence-corrected chi connectivity index (χ4v) is 5.21. The molecule has 1 atom stereocenters. The zero-order valence-electron chi connectivity index (χ0n) is 11.9. The largest absolute Gasteiger partial charge is 0.383 e. The molecule has 0 aliphatic carbocycles. The normalized spacial score (nSPS) is 18.4. The number of hydrogen-bond acceptors (Lipinski definition) is 8. The number of thiazole rings is 1. The Bertz CT molecular complexity index is 463. The van der Waals surface area contributed by atoms with Gasteiger partial charge in [-0.1, -0.05) is 11.3 Å². The molecule has 1 aromatic heterocycles. The van der Waals surface area contributed by atoms with Crippen LogP contribution in [0, 0.1) is 0 Å². The maximum Gasteiger partial charge on any atom is 0.265 e. The maximum atomic E-state index is 12.2. The first-order valence-electron chi connectivity index (χ1n) is 6.67. The summed E-state index contributed by atoms with van der Waals surface area (Å²) in [5.74, 6) is 3.59. The van der Waals surface area contributed by atoms with Crippen LogP contribution in [0.1, 0.15) is 9.67 Å². The molecule has 1 fully saturated rings. The third-order valence-electron chi connectivity index (χ3n) is 2.82. The summed E-state index contributed by atoms with van der Waals surface area (Å²) in [6, 6.07) is 0. The molecule has 4 N–H and O–H groups in total. The van der Waals surface area contributed by atoms with Crippen molar-refractivity contribution < 1.29 is 9.53 Å². The molecular formula is C12H20N4O2S3. The van der Waals surface area contributed by atoms with E-state index in [-0.39, 0.29) is 11.7 Å². The van der Waals surface area contributed by atoms with Crippen molar-refractivity contribution >= 4 is 51.7 Å². The van der Waals surface area contributed by atoms with Gasteiger partial charge in [-0.25, -0.2) is 4.98 Å². The highest BCUT2D eigenvalue weighted by Crippen LogP contribution is 2.26. The van der Waals surface area contributed by atoms with Crippen LogP contribution in [0.15, 0.2) is 0 Å².